The van der Waals surface area contributed by atoms with Crippen molar-refractivity contribution in [3.05, 3.63) is 88.5 Å². The van der Waals surface area contributed by atoms with Gasteiger partial charge in [0.05, 0.1) is 11.9 Å². The Kier molecular flexibility index (Phi) is 7.43. The van der Waals surface area contributed by atoms with Gasteiger partial charge in [0.25, 0.3) is 5.91 Å². The smallest absolute Gasteiger partial charge is 0.255 e. The number of amides is 1. The topological polar surface area (TPSA) is 75.7 Å². The van der Waals surface area contributed by atoms with Crippen LogP contribution < -0.4 is 14.4 Å². The number of carbonyl (C=O) groups excluding carboxylic acids is 1. The number of nitrogens with zero attached hydrogens (tertiary/aromatic N) is 1. The first kappa shape index (κ1) is 24.3. The summed E-state index contributed by atoms with van der Waals surface area (Å²) >= 11 is 0. The molecule has 7 heteroatoms. The van der Waals surface area contributed by atoms with E-state index in [0.29, 0.717) is 22.7 Å². The Morgan fingerprint density at radius 3 is 2.33 bits per heavy atom. The molecule has 1 amide bonds. The summed E-state index contributed by atoms with van der Waals surface area (Å²) in [5, 5.41) is 2.87. The number of carbonyl (C=O) groups is 1. The molecule has 0 aliphatic heterocycles. The van der Waals surface area contributed by atoms with Gasteiger partial charge in [0.15, 0.2) is 0 Å². The van der Waals surface area contributed by atoms with E-state index in [4.69, 9.17) is 4.74 Å². The third-order valence-electron chi connectivity index (χ3n) is 5.57. The van der Waals surface area contributed by atoms with Crippen molar-refractivity contribution in [1.82, 2.24) is 0 Å². The molecule has 3 aromatic rings. The lowest BCUT2D eigenvalue weighted by atomic mass is 10.1. The molecule has 0 bridgehead atoms. The fourth-order valence-corrected chi connectivity index (χ4v) is 3.86. The van der Waals surface area contributed by atoms with Crippen molar-refractivity contribution in [3.8, 4) is 5.75 Å². The van der Waals surface area contributed by atoms with Gasteiger partial charge in [-0.05, 0) is 61.2 Å². The average Bonchev–Trinajstić information content (AvgIpc) is 2.78. The van der Waals surface area contributed by atoms with Gasteiger partial charge in [-0.2, -0.15) is 0 Å². The SMILES string of the molecule is CCc1ccc(C(=O)Nc2ccc(N(C)S(C)(=O)=O)c(OCc3cc(C)ccc3C)c2)cc1. The van der Waals surface area contributed by atoms with Crippen LogP contribution in [0, 0.1) is 13.8 Å². The number of nitrogens with one attached hydrogen (secondary N) is 1. The van der Waals surface area contributed by atoms with E-state index < -0.39 is 10.0 Å². The predicted octanol–water partition coefficient (Wildman–Crippen LogP) is 5.09. The van der Waals surface area contributed by atoms with E-state index in [1.165, 1.54) is 11.4 Å². The lowest BCUT2D eigenvalue weighted by Gasteiger charge is -2.21. The van der Waals surface area contributed by atoms with Crippen LogP contribution in [0.3, 0.4) is 0 Å². The van der Waals surface area contributed by atoms with E-state index in [9.17, 15) is 13.2 Å². The van der Waals surface area contributed by atoms with Crippen molar-refractivity contribution >= 4 is 27.3 Å². The van der Waals surface area contributed by atoms with Crippen molar-refractivity contribution in [2.75, 3.05) is 22.9 Å². The molecule has 0 heterocycles. The molecule has 3 rings (SSSR count). The maximum absolute atomic E-state index is 12.7. The van der Waals surface area contributed by atoms with Crippen LogP contribution in [0.25, 0.3) is 0 Å². The molecule has 0 radical (unpaired) electrons. The van der Waals surface area contributed by atoms with E-state index >= 15 is 0 Å². The zero-order valence-electron chi connectivity index (χ0n) is 19.7. The number of ether oxygens (including phenoxy) is 1. The Morgan fingerprint density at radius 2 is 1.70 bits per heavy atom. The number of hydrogen-bond acceptors (Lipinski definition) is 4. The molecule has 0 unspecified atom stereocenters. The Hall–Kier alpha value is -3.32. The molecule has 0 spiro atoms. The Balaban J connectivity index is 1.89. The number of rotatable bonds is 8. The van der Waals surface area contributed by atoms with Gasteiger partial charge in [-0.1, -0.05) is 42.8 Å². The fourth-order valence-electron chi connectivity index (χ4n) is 3.35. The molecular weight excluding hydrogens is 436 g/mol. The standard InChI is InChI=1S/C26H30N2O4S/c1-6-20-9-11-21(12-10-20)26(29)27-23-13-14-24(28(4)33(5,30)31)25(16-23)32-17-22-15-18(2)7-8-19(22)3/h7-16H,6,17H2,1-5H3,(H,27,29). The number of hydrogen-bond donors (Lipinski definition) is 1. The van der Waals surface area contributed by atoms with Crippen molar-refractivity contribution in [1.29, 1.82) is 0 Å². The largest absolute Gasteiger partial charge is 0.487 e. The van der Waals surface area contributed by atoms with Crippen LogP contribution in [-0.4, -0.2) is 27.6 Å². The minimum absolute atomic E-state index is 0.248. The molecule has 3 aromatic carbocycles. The van der Waals surface area contributed by atoms with Crippen LogP contribution in [0.15, 0.2) is 60.7 Å². The van der Waals surface area contributed by atoms with Gasteiger partial charge in [0.2, 0.25) is 10.0 Å². The summed E-state index contributed by atoms with van der Waals surface area (Å²) < 4.78 is 31.6. The van der Waals surface area contributed by atoms with Crippen LogP contribution in [0.1, 0.15) is 39.5 Å². The highest BCUT2D eigenvalue weighted by Crippen LogP contribution is 2.33. The van der Waals surface area contributed by atoms with E-state index in [1.54, 1.807) is 30.3 Å². The predicted molar refractivity (Wildman–Crippen MR) is 134 cm³/mol. The third-order valence-corrected chi connectivity index (χ3v) is 6.76. The second-order valence-electron chi connectivity index (χ2n) is 8.14. The number of anilines is 2. The summed E-state index contributed by atoms with van der Waals surface area (Å²) in [7, 11) is -2.02. The average molecular weight is 467 g/mol. The maximum atomic E-state index is 12.7. The van der Waals surface area contributed by atoms with Gasteiger partial charge in [-0.3, -0.25) is 9.10 Å². The van der Waals surface area contributed by atoms with Gasteiger partial charge in [-0.25, -0.2) is 8.42 Å². The van der Waals surface area contributed by atoms with Crippen molar-refractivity contribution in [2.45, 2.75) is 33.8 Å². The molecule has 1 N–H and O–H groups in total. The molecule has 0 aromatic heterocycles. The Bertz CT molecular complexity index is 1250. The minimum Gasteiger partial charge on any atom is -0.487 e. The minimum atomic E-state index is -3.50. The van der Waals surface area contributed by atoms with E-state index in [0.717, 1.165) is 34.9 Å². The second-order valence-corrected chi connectivity index (χ2v) is 10.1. The van der Waals surface area contributed by atoms with Crippen molar-refractivity contribution in [2.24, 2.45) is 0 Å². The number of sulfonamides is 1. The van der Waals surface area contributed by atoms with Gasteiger partial charge in [-0.15, -0.1) is 0 Å². The fraction of sp³-hybridized carbons (Fsp3) is 0.269. The quantitative estimate of drug-likeness (QED) is 0.502. The molecule has 0 aliphatic carbocycles. The summed E-state index contributed by atoms with van der Waals surface area (Å²) in [4.78, 5) is 12.7. The van der Waals surface area contributed by atoms with Crippen LogP contribution >= 0.6 is 0 Å². The summed E-state index contributed by atoms with van der Waals surface area (Å²) in [6.07, 6.45) is 2.04. The third kappa shape index (κ3) is 6.14. The zero-order chi connectivity index (χ0) is 24.2. The summed E-state index contributed by atoms with van der Waals surface area (Å²) in [5.41, 5.74) is 5.81. The Labute approximate surface area is 196 Å². The zero-order valence-corrected chi connectivity index (χ0v) is 20.5. The molecule has 174 valence electrons. The van der Waals surface area contributed by atoms with Crippen LogP contribution in [0.5, 0.6) is 5.75 Å². The van der Waals surface area contributed by atoms with Gasteiger partial charge < -0.3 is 10.1 Å². The van der Waals surface area contributed by atoms with Crippen molar-refractivity contribution in [3.63, 3.8) is 0 Å². The lowest BCUT2D eigenvalue weighted by molar-refractivity contribution is 0.102. The van der Waals surface area contributed by atoms with E-state index in [2.05, 4.69) is 12.2 Å². The van der Waals surface area contributed by atoms with Gasteiger partial charge >= 0.3 is 0 Å². The molecule has 0 atom stereocenters. The van der Waals surface area contributed by atoms with Crippen LogP contribution in [-0.2, 0) is 23.1 Å². The number of aryl methyl sites for hydroxylation is 3. The molecular formula is C26H30N2O4S. The molecule has 33 heavy (non-hydrogen) atoms. The summed E-state index contributed by atoms with van der Waals surface area (Å²) in [6.45, 7) is 6.34. The van der Waals surface area contributed by atoms with Crippen LogP contribution in [0.4, 0.5) is 11.4 Å². The molecule has 0 aliphatic rings. The summed E-state index contributed by atoms with van der Waals surface area (Å²) in [6, 6.07) is 18.5. The van der Waals surface area contributed by atoms with E-state index in [1.807, 2.05) is 44.2 Å². The first-order valence-corrected chi connectivity index (χ1v) is 12.6. The number of benzene rings is 3. The second kappa shape index (κ2) is 10.1. The monoisotopic (exact) mass is 466 g/mol. The first-order valence-electron chi connectivity index (χ1n) is 10.8. The lowest BCUT2D eigenvalue weighted by Crippen LogP contribution is -2.25. The van der Waals surface area contributed by atoms with E-state index in [-0.39, 0.29) is 12.5 Å². The molecule has 0 fully saturated rings. The Morgan fingerprint density at radius 1 is 1.00 bits per heavy atom. The highest BCUT2D eigenvalue weighted by molar-refractivity contribution is 7.92. The van der Waals surface area contributed by atoms with Crippen LogP contribution in [0.2, 0.25) is 0 Å². The van der Waals surface area contributed by atoms with Crippen molar-refractivity contribution < 1.29 is 17.9 Å². The normalized spacial score (nSPS) is 11.2. The van der Waals surface area contributed by atoms with Gasteiger partial charge in [0.1, 0.15) is 12.4 Å². The molecule has 0 saturated carbocycles. The summed E-state index contributed by atoms with van der Waals surface area (Å²) in [5.74, 6) is 0.116. The van der Waals surface area contributed by atoms with Gasteiger partial charge in [0, 0.05) is 24.4 Å². The molecule has 0 saturated heterocycles. The maximum Gasteiger partial charge on any atom is 0.255 e. The first-order chi connectivity index (χ1) is 15.6. The molecule has 6 nitrogen and oxygen atoms in total. The highest BCUT2D eigenvalue weighted by atomic mass is 32.2. The highest BCUT2D eigenvalue weighted by Gasteiger charge is 2.18.